The van der Waals surface area contributed by atoms with Gasteiger partial charge in [0.1, 0.15) is 6.04 Å². The molecule has 0 aliphatic carbocycles. The molecular formula is C26H20N2. The van der Waals surface area contributed by atoms with E-state index in [9.17, 15) is 0 Å². The van der Waals surface area contributed by atoms with E-state index in [4.69, 9.17) is 4.99 Å². The van der Waals surface area contributed by atoms with Crippen LogP contribution in [0.3, 0.4) is 0 Å². The van der Waals surface area contributed by atoms with Crippen LogP contribution in [0.4, 0.5) is 17.1 Å². The van der Waals surface area contributed by atoms with Crippen LogP contribution in [-0.4, -0.2) is 5.71 Å². The average molecular weight is 360 g/mol. The maximum atomic E-state index is 5.12. The first-order valence-electron chi connectivity index (χ1n) is 9.54. The van der Waals surface area contributed by atoms with Gasteiger partial charge in [0.2, 0.25) is 0 Å². The number of fused-ring (bicyclic) bond motifs is 1. The summed E-state index contributed by atoms with van der Waals surface area (Å²) >= 11 is 0. The minimum Gasteiger partial charge on any atom is -0.326 e. The number of hydrogen-bond donors (Lipinski definition) is 0. The van der Waals surface area contributed by atoms with Gasteiger partial charge in [-0.2, -0.15) is 0 Å². The number of benzene rings is 4. The van der Waals surface area contributed by atoms with Gasteiger partial charge in [0, 0.05) is 5.69 Å². The topological polar surface area (TPSA) is 15.6 Å². The van der Waals surface area contributed by atoms with Crippen LogP contribution >= 0.6 is 0 Å². The first-order chi connectivity index (χ1) is 13.9. The highest BCUT2D eigenvalue weighted by Gasteiger charge is 2.33. The summed E-state index contributed by atoms with van der Waals surface area (Å²) in [6.45, 7) is 0. The molecule has 5 rings (SSSR count). The molecule has 1 unspecified atom stereocenters. The minimum absolute atomic E-state index is 0.000833. The van der Waals surface area contributed by atoms with Gasteiger partial charge < -0.3 is 4.90 Å². The standard InChI is InChI=1S/C26H20N2/c1-4-12-20(13-5-1)25-26(21-14-6-2-7-15-21)28(22-16-8-3-9-17-22)24-19-11-10-18-23(24)27-25/h1-19,26H. The summed E-state index contributed by atoms with van der Waals surface area (Å²) < 4.78 is 0. The Kier molecular flexibility index (Phi) is 4.23. The van der Waals surface area contributed by atoms with E-state index in [1.54, 1.807) is 0 Å². The highest BCUT2D eigenvalue weighted by Crippen LogP contribution is 2.45. The fourth-order valence-electron chi connectivity index (χ4n) is 3.87. The lowest BCUT2D eigenvalue weighted by atomic mass is 9.92. The minimum atomic E-state index is 0.000833. The van der Waals surface area contributed by atoms with Gasteiger partial charge in [-0.1, -0.05) is 91.0 Å². The van der Waals surface area contributed by atoms with E-state index in [-0.39, 0.29) is 6.04 Å². The Balaban J connectivity index is 1.79. The van der Waals surface area contributed by atoms with Crippen molar-refractivity contribution in [3.8, 4) is 0 Å². The van der Waals surface area contributed by atoms with E-state index in [0.717, 1.165) is 28.3 Å². The summed E-state index contributed by atoms with van der Waals surface area (Å²) in [4.78, 5) is 7.53. The Morgan fingerprint density at radius 3 is 1.86 bits per heavy atom. The number of hydrogen-bond acceptors (Lipinski definition) is 2. The molecule has 0 fully saturated rings. The van der Waals surface area contributed by atoms with Crippen molar-refractivity contribution in [3.63, 3.8) is 0 Å². The molecule has 28 heavy (non-hydrogen) atoms. The van der Waals surface area contributed by atoms with Crippen molar-refractivity contribution in [3.05, 3.63) is 126 Å². The maximum Gasteiger partial charge on any atom is 0.102 e. The molecule has 2 nitrogen and oxygen atoms in total. The van der Waals surface area contributed by atoms with Crippen molar-refractivity contribution in [1.29, 1.82) is 0 Å². The molecule has 0 spiro atoms. The zero-order chi connectivity index (χ0) is 18.8. The Bertz CT molecular complexity index is 1100. The van der Waals surface area contributed by atoms with Crippen molar-refractivity contribution in [2.24, 2.45) is 4.99 Å². The first-order valence-corrected chi connectivity index (χ1v) is 9.54. The predicted octanol–water partition coefficient (Wildman–Crippen LogP) is 6.70. The molecule has 4 aromatic rings. The summed E-state index contributed by atoms with van der Waals surface area (Å²) in [7, 11) is 0. The second-order valence-corrected chi connectivity index (χ2v) is 6.87. The van der Waals surface area contributed by atoms with Gasteiger partial charge in [-0.05, 0) is 35.4 Å². The summed E-state index contributed by atoms with van der Waals surface area (Å²) in [5.41, 5.74) is 6.72. The van der Waals surface area contributed by atoms with Crippen LogP contribution in [0.25, 0.3) is 0 Å². The van der Waals surface area contributed by atoms with E-state index >= 15 is 0 Å². The largest absolute Gasteiger partial charge is 0.326 e. The number of para-hydroxylation sites is 3. The van der Waals surface area contributed by atoms with Crippen LogP contribution < -0.4 is 4.90 Å². The summed E-state index contributed by atoms with van der Waals surface area (Å²) in [5.74, 6) is 0. The highest BCUT2D eigenvalue weighted by atomic mass is 15.2. The zero-order valence-corrected chi connectivity index (χ0v) is 15.4. The van der Waals surface area contributed by atoms with Gasteiger partial charge in [0.25, 0.3) is 0 Å². The molecule has 1 aliphatic rings. The molecule has 1 aliphatic heterocycles. The van der Waals surface area contributed by atoms with Gasteiger partial charge in [0.15, 0.2) is 0 Å². The van der Waals surface area contributed by atoms with Crippen molar-refractivity contribution in [2.45, 2.75) is 6.04 Å². The number of anilines is 2. The van der Waals surface area contributed by atoms with Gasteiger partial charge in [-0.15, -0.1) is 0 Å². The highest BCUT2D eigenvalue weighted by molar-refractivity contribution is 6.11. The lowest BCUT2D eigenvalue weighted by Gasteiger charge is -2.39. The fraction of sp³-hybridized carbons (Fsp3) is 0.0385. The second kappa shape index (κ2) is 7.16. The van der Waals surface area contributed by atoms with Crippen LogP contribution in [0.1, 0.15) is 17.2 Å². The number of aliphatic imine (C=N–C) groups is 1. The Morgan fingerprint density at radius 2 is 1.14 bits per heavy atom. The van der Waals surface area contributed by atoms with Gasteiger partial charge in [0.05, 0.1) is 17.1 Å². The maximum absolute atomic E-state index is 5.12. The molecule has 0 saturated heterocycles. The molecule has 0 radical (unpaired) electrons. The van der Waals surface area contributed by atoms with Gasteiger partial charge in [-0.25, -0.2) is 4.99 Å². The number of rotatable bonds is 3. The number of nitrogens with zero attached hydrogens (tertiary/aromatic N) is 2. The van der Waals surface area contributed by atoms with Gasteiger partial charge >= 0.3 is 0 Å². The normalized spacial score (nSPS) is 15.6. The van der Waals surface area contributed by atoms with E-state index in [1.165, 1.54) is 5.56 Å². The average Bonchev–Trinajstić information content (AvgIpc) is 2.79. The molecule has 2 heteroatoms. The first kappa shape index (κ1) is 16.5. The molecule has 1 heterocycles. The van der Waals surface area contributed by atoms with Crippen LogP contribution in [-0.2, 0) is 0 Å². The molecule has 4 aromatic carbocycles. The van der Waals surface area contributed by atoms with Crippen LogP contribution in [0, 0.1) is 0 Å². The van der Waals surface area contributed by atoms with E-state index in [2.05, 4.69) is 114 Å². The third-order valence-electron chi connectivity index (χ3n) is 5.12. The Morgan fingerprint density at radius 1 is 0.571 bits per heavy atom. The third kappa shape index (κ3) is 2.89. The SMILES string of the molecule is c1ccc(C2=Nc3ccccc3N(c3ccccc3)C2c2ccccc2)cc1. The van der Waals surface area contributed by atoms with E-state index in [1.807, 2.05) is 6.07 Å². The van der Waals surface area contributed by atoms with Crippen molar-refractivity contribution in [1.82, 2.24) is 0 Å². The van der Waals surface area contributed by atoms with Crippen molar-refractivity contribution < 1.29 is 0 Å². The molecule has 0 N–H and O–H groups in total. The smallest absolute Gasteiger partial charge is 0.102 e. The lowest BCUT2D eigenvalue weighted by Crippen LogP contribution is -2.33. The molecule has 0 aromatic heterocycles. The molecule has 0 amide bonds. The molecule has 1 atom stereocenters. The fourth-order valence-corrected chi connectivity index (χ4v) is 3.87. The van der Waals surface area contributed by atoms with E-state index in [0.29, 0.717) is 0 Å². The third-order valence-corrected chi connectivity index (χ3v) is 5.12. The Hall–Kier alpha value is -3.65. The van der Waals surface area contributed by atoms with Crippen LogP contribution in [0.5, 0.6) is 0 Å². The van der Waals surface area contributed by atoms with Crippen LogP contribution in [0.15, 0.2) is 120 Å². The second-order valence-electron chi connectivity index (χ2n) is 6.87. The monoisotopic (exact) mass is 360 g/mol. The lowest BCUT2D eigenvalue weighted by molar-refractivity contribution is 0.878. The van der Waals surface area contributed by atoms with Gasteiger partial charge in [-0.3, -0.25) is 0 Å². The molecule has 0 saturated carbocycles. The zero-order valence-electron chi connectivity index (χ0n) is 15.4. The quantitative estimate of drug-likeness (QED) is 0.397. The van der Waals surface area contributed by atoms with Crippen LogP contribution in [0.2, 0.25) is 0 Å². The van der Waals surface area contributed by atoms with E-state index < -0.39 is 0 Å². The summed E-state index contributed by atoms with van der Waals surface area (Å²) in [5, 5.41) is 0. The predicted molar refractivity (Wildman–Crippen MR) is 117 cm³/mol. The molecule has 0 bridgehead atoms. The molecule has 134 valence electrons. The summed E-state index contributed by atoms with van der Waals surface area (Å²) in [6.07, 6.45) is 0. The summed E-state index contributed by atoms with van der Waals surface area (Å²) in [6, 6.07) is 40.1. The van der Waals surface area contributed by atoms with Crippen molar-refractivity contribution >= 4 is 22.8 Å². The van der Waals surface area contributed by atoms with Crippen molar-refractivity contribution in [2.75, 3.05) is 4.90 Å². The Labute approximate surface area is 165 Å². The molecular weight excluding hydrogens is 340 g/mol.